The third-order valence-electron chi connectivity index (χ3n) is 2.77. The summed E-state index contributed by atoms with van der Waals surface area (Å²) in [4.78, 5) is 24.3. The minimum atomic E-state index is -0.453. The fraction of sp³-hybridized carbons (Fsp3) is 0.800. The van der Waals surface area contributed by atoms with Crippen molar-refractivity contribution in [2.24, 2.45) is 5.73 Å². The average Bonchev–Trinajstić information content (AvgIpc) is 2.28. The zero-order chi connectivity index (χ0) is 12.0. The maximum Gasteiger partial charge on any atom is 0.321 e. The van der Waals surface area contributed by atoms with E-state index in [1.807, 2.05) is 0 Å². The van der Waals surface area contributed by atoms with Gasteiger partial charge >= 0.3 is 6.03 Å². The van der Waals surface area contributed by atoms with Gasteiger partial charge in [-0.15, -0.1) is 12.4 Å². The van der Waals surface area contributed by atoms with Gasteiger partial charge in [-0.2, -0.15) is 0 Å². The number of carbonyl (C=O) groups is 2. The first-order chi connectivity index (χ1) is 7.61. The number of carbonyl (C=O) groups excluding carboxylic acids is 2. The number of piperidine rings is 1. The smallest absolute Gasteiger partial charge is 0.321 e. The first-order valence-corrected chi connectivity index (χ1v) is 5.61. The van der Waals surface area contributed by atoms with Crippen molar-refractivity contribution in [1.82, 2.24) is 15.5 Å². The van der Waals surface area contributed by atoms with Gasteiger partial charge in [-0.05, 0) is 25.9 Å². The van der Waals surface area contributed by atoms with Gasteiger partial charge in [0.2, 0.25) is 5.91 Å². The van der Waals surface area contributed by atoms with Crippen LogP contribution in [0.5, 0.6) is 0 Å². The quantitative estimate of drug-likeness (QED) is 0.652. The third kappa shape index (κ3) is 6.45. The van der Waals surface area contributed by atoms with Crippen molar-refractivity contribution in [3.05, 3.63) is 0 Å². The van der Waals surface area contributed by atoms with Crippen LogP contribution in [0.4, 0.5) is 4.79 Å². The molecule has 0 spiro atoms. The van der Waals surface area contributed by atoms with Gasteiger partial charge in [0.25, 0.3) is 0 Å². The highest BCUT2D eigenvalue weighted by atomic mass is 35.5. The van der Waals surface area contributed by atoms with Crippen LogP contribution in [0, 0.1) is 0 Å². The number of nitrogens with zero attached hydrogens (tertiary/aromatic N) is 1. The van der Waals surface area contributed by atoms with Crippen LogP contribution < -0.4 is 16.4 Å². The number of amides is 3. The molecular weight excluding hydrogens is 244 g/mol. The summed E-state index contributed by atoms with van der Waals surface area (Å²) >= 11 is 0. The fourth-order valence-electron chi connectivity index (χ4n) is 1.69. The number of hydrogen-bond acceptors (Lipinski definition) is 4. The van der Waals surface area contributed by atoms with E-state index in [1.54, 1.807) is 0 Å². The second kappa shape index (κ2) is 8.27. The molecule has 1 saturated heterocycles. The molecule has 7 heteroatoms. The van der Waals surface area contributed by atoms with Crippen molar-refractivity contribution >= 4 is 24.3 Å². The highest BCUT2D eigenvalue weighted by Gasteiger charge is 2.16. The van der Waals surface area contributed by atoms with E-state index in [-0.39, 0.29) is 18.3 Å². The Kier molecular flexibility index (Phi) is 7.86. The van der Waals surface area contributed by atoms with Crippen molar-refractivity contribution in [3.8, 4) is 0 Å². The lowest BCUT2D eigenvalue weighted by atomic mass is 10.1. The molecule has 1 heterocycles. The normalized spacial score (nSPS) is 17.1. The highest BCUT2D eigenvalue weighted by Crippen LogP contribution is 2.07. The Morgan fingerprint density at radius 2 is 1.94 bits per heavy atom. The van der Waals surface area contributed by atoms with Crippen LogP contribution in [0.2, 0.25) is 0 Å². The fourth-order valence-corrected chi connectivity index (χ4v) is 1.69. The summed E-state index contributed by atoms with van der Waals surface area (Å²) in [7, 11) is 1.48. The predicted molar refractivity (Wildman–Crippen MR) is 68.1 cm³/mol. The Bertz CT molecular complexity index is 255. The number of rotatable bonds is 3. The summed E-state index contributed by atoms with van der Waals surface area (Å²) in [6.45, 7) is 2.57. The van der Waals surface area contributed by atoms with E-state index in [0.29, 0.717) is 19.0 Å². The van der Waals surface area contributed by atoms with Crippen molar-refractivity contribution in [2.75, 3.05) is 26.7 Å². The van der Waals surface area contributed by atoms with Gasteiger partial charge < -0.3 is 16.0 Å². The maximum atomic E-state index is 11.3. The number of imide groups is 1. The van der Waals surface area contributed by atoms with Crippen LogP contribution >= 0.6 is 12.4 Å². The number of urea groups is 1. The second-order valence-electron chi connectivity index (χ2n) is 4.06. The molecule has 0 saturated carbocycles. The molecular formula is C10H21ClN4O2. The van der Waals surface area contributed by atoms with Crippen LogP contribution in [0.1, 0.15) is 19.3 Å². The first kappa shape index (κ1) is 16.1. The molecule has 17 heavy (non-hydrogen) atoms. The van der Waals surface area contributed by atoms with E-state index in [4.69, 9.17) is 5.73 Å². The molecule has 0 aromatic heterocycles. The Balaban J connectivity index is 0.00000256. The minimum Gasteiger partial charge on any atom is -0.341 e. The van der Waals surface area contributed by atoms with Gasteiger partial charge in [0.15, 0.2) is 0 Å². The Labute approximate surface area is 108 Å². The van der Waals surface area contributed by atoms with Gasteiger partial charge in [0.05, 0.1) is 0 Å². The van der Waals surface area contributed by atoms with E-state index in [1.165, 1.54) is 7.05 Å². The molecule has 1 aliphatic rings. The molecule has 1 aliphatic heterocycles. The van der Waals surface area contributed by atoms with Crippen LogP contribution in [-0.2, 0) is 4.79 Å². The SMILES string of the molecule is CNC(=O)NC(=O)CCN1CCC(N)CC1.Cl. The molecule has 0 atom stereocenters. The molecule has 0 unspecified atom stereocenters. The molecule has 0 bridgehead atoms. The maximum absolute atomic E-state index is 11.3. The molecule has 1 fully saturated rings. The molecule has 0 aromatic rings. The van der Waals surface area contributed by atoms with E-state index >= 15 is 0 Å². The minimum absolute atomic E-state index is 0. The summed E-state index contributed by atoms with van der Waals surface area (Å²) in [6.07, 6.45) is 2.32. The molecule has 100 valence electrons. The largest absolute Gasteiger partial charge is 0.341 e. The summed E-state index contributed by atoms with van der Waals surface area (Å²) in [5.74, 6) is -0.241. The topological polar surface area (TPSA) is 87.5 Å². The van der Waals surface area contributed by atoms with Crippen LogP contribution in [0.15, 0.2) is 0 Å². The summed E-state index contributed by atoms with van der Waals surface area (Å²) in [6, 6.07) is -0.151. The number of nitrogens with one attached hydrogen (secondary N) is 2. The highest BCUT2D eigenvalue weighted by molar-refractivity contribution is 5.94. The van der Waals surface area contributed by atoms with E-state index < -0.39 is 6.03 Å². The lowest BCUT2D eigenvalue weighted by Crippen LogP contribution is -2.42. The molecule has 0 radical (unpaired) electrons. The monoisotopic (exact) mass is 264 g/mol. The van der Waals surface area contributed by atoms with Crippen molar-refractivity contribution in [1.29, 1.82) is 0 Å². The Morgan fingerprint density at radius 3 is 2.47 bits per heavy atom. The van der Waals surface area contributed by atoms with Crippen LogP contribution in [0.3, 0.4) is 0 Å². The summed E-state index contributed by atoms with van der Waals surface area (Å²) in [5, 5.41) is 4.58. The molecule has 6 nitrogen and oxygen atoms in total. The number of nitrogens with two attached hydrogens (primary N) is 1. The Hall–Kier alpha value is -0.850. The van der Waals surface area contributed by atoms with E-state index in [9.17, 15) is 9.59 Å². The van der Waals surface area contributed by atoms with Gasteiger partial charge in [-0.25, -0.2) is 4.79 Å². The lowest BCUT2D eigenvalue weighted by molar-refractivity contribution is -0.120. The van der Waals surface area contributed by atoms with E-state index in [2.05, 4.69) is 15.5 Å². The average molecular weight is 265 g/mol. The lowest BCUT2D eigenvalue weighted by Gasteiger charge is -2.29. The first-order valence-electron chi connectivity index (χ1n) is 5.61. The van der Waals surface area contributed by atoms with Crippen LogP contribution in [-0.4, -0.2) is 49.6 Å². The zero-order valence-corrected chi connectivity index (χ0v) is 10.9. The number of halogens is 1. The zero-order valence-electron chi connectivity index (χ0n) is 10.1. The van der Waals surface area contributed by atoms with Gasteiger partial charge in [-0.1, -0.05) is 0 Å². The molecule has 3 amide bonds. The third-order valence-corrected chi connectivity index (χ3v) is 2.77. The predicted octanol–water partition coefficient (Wildman–Crippen LogP) is -0.323. The van der Waals surface area contributed by atoms with Gasteiger partial charge in [-0.3, -0.25) is 10.1 Å². The number of hydrogen-bond donors (Lipinski definition) is 3. The second-order valence-corrected chi connectivity index (χ2v) is 4.06. The molecule has 1 rings (SSSR count). The van der Waals surface area contributed by atoms with Gasteiger partial charge in [0, 0.05) is 26.1 Å². The van der Waals surface area contributed by atoms with Crippen molar-refractivity contribution < 1.29 is 9.59 Å². The summed E-state index contributed by atoms with van der Waals surface area (Å²) < 4.78 is 0. The number of likely N-dealkylation sites (tertiary alicyclic amines) is 1. The molecule has 0 aromatic carbocycles. The van der Waals surface area contributed by atoms with Gasteiger partial charge in [0.1, 0.15) is 0 Å². The molecule has 4 N–H and O–H groups in total. The summed E-state index contributed by atoms with van der Waals surface area (Å²) in [5.41, 5.74) is 5.78. The van der Waals surface area contributed by atoms with Crippen molar-refractivity contribution in [2.45, 2.75) is 25.3 Å². The van der Waals surface area contributed by atoms with E-state index in [0.717, 1.165) is 25.9 Å². The van der Waals surface area contributed by atoms with Crippen LogP contribution in [0.25, 0.3) is 0 Å². The standard InChI is InChI=1S/C10H20N4O2.ClH/c1-12-10(16)13-9(15)4-7-14-5-2-8(11)3-6-14;/h8H,2-7,11H2,1H3,(H2,12,13,15,16);1H. The van der Waals surface area contributed by atoms with Crippen molar-refractivity contribution in [3.63, 3.8) is 0 Å². The Morgan fingerprint density at radius 1 is 1.35 bits per heavy atom. The molecule has 0 aliphatic carbocycles.